The smallest absolute Gasteiger partial charge is 0.308 e. The van der Waals surface area contributed by atoms with E-state index in [1.54, 1.807) is 11.1 Å². The van der Waals surface area contributed by atoms with Gasteiger partial charge in [0.1, 0.15) is 5.82 Å². The van der Waals surface area contributed by atoms with Crippen molar-refractivity contribution in [3.63, 3.8) is 0 Å². The van der Waals surface area contributed by atoms with E-state index in [-0.39, 0.29) is 18.9 Å². The van der Waals surface area contributed by atoms with Gasteiger partial charge < -0.3 is 15.3 Å². The molecule has 1 aliphatic heterocycles. The highest BCUT2D eigenvalue weighted by Gasteiger charge is 2.34. The summed E-state index contributed by atoms with van der Waals surface area (Å²) in [7, 11) is 0. The van der Waals surface area contributed by atoms with Crippen molar-refractivity contribution in [3.8, 4) is 0 Å². The van der Waals surface area contributed by atoms with Crippen molar-refractivity contribution in [3.05, 3.63) is 54.2 Å². The van der Waals surface area contributed by atoms with Crippen LogP contribution in [0.5, 0.6) is 0 Å². The SMILES string of the molecule is O=C(O)C1CC(=O)N(c2cccc(CCNc3ccccn3)c2)C1. The van der Waals surface area contributed by atoms with E-state index in [9.17, 15) is 9.59 Å². The predicted octanol–water partition coefficient (Wildman–Crippen LogP) is 2.17. The maximum Gasteiger partial charge on any atom is 0.308 e. The van der Waals surface area contributed by atoms with Crippen molar-refractivity contribution in [1.29, 1.82) is 0 Å². The minimum Gasteiger partial charge on any atom is -0.481 e. The summed E-state index contributed by atoms with van der Waals surface area (Å²) in [6, 6.07) is 13.4. The van der Waals surface area contributed by atoms with Crippen LogP contribution >= 0.6 is 0 Å². The number of nitrogens with one attached hydrogen (secondary N) is 1. The maximum absolute atomic E-state index is 12.0. The number of aliphatic carboxylic acids is 1. The van der Waals surface area contributed by atoms with Crippen LogP contribution in [0.25, 0.3) is 0 Å². The molecule has 1 aliphatic rings. The number of aromatic nitrogens is 1. The predicted molar refractivity (Wildman–Crippen MR) is 91.0 cm³/mol. The molecule has 2 heterocycles. The lowest BCUT2D eigenvalue weighted by atomic mass is 10.1. The van der Waals surface area contributed by atoms with Gasteiger partial charge in [-0.05, 0) is 36.2 Å². The minimum absolute atomic E-state index is 0.0702. The van der Waals surface area contributed by atoms with Gasteiger partial charge in [-0.1, -0.05) is 18.2 Å². The van der Waals surface area contributed by atoms with E-state index in [2.05, 4.69) is 10.3 Å². The van der Waals surface area contributed by atoms with Gasteiger partial charge in [0.15, 0.2) is 0 Å². The molecule has 1 aromatic carbocycles. The molecule has 1 amide bonds. The molecule has 0 radical (unpaired) electrons. The van der Waals surface area contributed by atoms with Crippen LogP contribution in [0.15, 0.2) is 48.7 Å². The molecule has 2 aromatic rings. The highest BCUT2D eigenvalue weighted by molar-refractivity contribution is 5.99. The number of carbonyl (C=O) groups is 2. The molecule has 2 N–H and O–H groups in total. The summed E-state index contributed by atoms with van der Waals surface area (Å²) in [5.41, 5.74) is 1.85. The number of hydrogen-bond acceptors (Lipinski definition) is 4. The zero-order valence-corrected chi connectivity index (χ0v) is 13.2. The lowest BCUT2D eigenvalue weighted by Crippen LogP contribution is -2.25. The van der Waals surface area contributed by atoms with E-state index in [1.807, 2.05) is 42.5 Å². The number of anilines is 2. The van der Waals surface area contributed by atoms with Crippen molar-refractivity contribution in [1.82, 2.24) is 4.98 Å². The molecule has 6 heteroatoms. The molecular weight excluding hydrogens is 306 g/mol. The average molecular weight is 325 g/mol. The molecule has 6 nitrogen and oxygen atoms in total. The molecule has 0 saturated carbocycles. The van der Waals surface area contributed by atoms with Crippen LogP contribution in [-0.4, -0.2) is 35.1 Å². The van der Waals surface area contributed by atoms with Crippen LogP contribution < -0.4 is 10.2 Å². The highest BCUT2D eigenvalue weighted by Crippen LogP contribution is 2.26. The van der Waals surface area contributed by atoms with Crippen molar-refractivity contribution >= 4 is 23.4 Å². The number of carboxylic acids is 1. The number of amides is 1. The number of benzene rings is 1. The quantitative estimate of drug-likeness (QED) is 0.850. The van der Waals surface area contributed by atoms with E-state index in [0.717, 1.165) is 30.0 Å². The molecule has 24 heavy (non-hydrogen) atoms. The monoisotopic (exact) mass is 325 g/mol. The first-order valence-corrected chi connectivity index (χ1v) is 7.90. The second-order valence-electron chi connectivity index (χ2n) is 5.81. The molecule has 0 aliphatic carbocycles. The molecule has 1 saturated heterocycles. The summed E-state index contributed by atoms with van der Waals surface area (Å²) in [5, 5.41) is 12.3. The Morgan fingerprint density at radius 3 is 2.88 bits per heavy atom. The highest BCUT2D eigenvalue weighted by atomic mass is 16.4. The first-order chi connectivity index (χ1) is 11.6. The Balaban J connectivity index is 1.62. The Morgan fingerprint density at radius 2 is 2.17 bits per heavy atom. The van der Waals surface area contributed by atoms with Crippen LogP contribution in [0.1, 0.15) is 12.0 Å². The molecule has 0 bridgehead atoms. The summed E-state index contributed by atoms with van der Waals surface area (Å²) in [6.45, 7) is 0.968. The minimum atomic E-state index is -0.915. The third kappa shape index (κ3) is 3.71. The Morgan fingerprint density at radius 1 is 1.29 bits per heavy atom. The lowest BCUT2D eigenvalue weighted by molar-refractivity contribution is -0.141. The van der Waals surface area contributed by atoms with E-state index < -0.39 is 11.9 Å². The zero-order valence-electron chi connectivity index (χ0n) is 13.2. The van der Waals surface area contributed by atoms with Crippen LogP contribution in [0.4, 0.5) is 11.5 Å². The van der Waals surface area contributed by atoms with E-state index in [1.165, 1.54) is 0 Å². The molecule has 1 unspecified atom stereocenters. The van der Waals surface area contributed by atoms with Crippen LogP contribution in [-0.2, 0) is 16.0 Å². The Labute approximate surface area is 140 Å². The van der Waals surface area contributed by atoms with Gasteiger partial charge in [0, 0.05) is 31.4 Å². The average Bonchev–Trinajstić information content (AvgIpc) is 2.98. The van der Waals surface area contributed by atoms with Gasteiger partial charge in [0.05, 0.1) is 5.92 Å². The number of nitrogens with zero attached hydrogens (tertiary/aromatic N) is 2. The number of hydrogen-bond donors (Lipinski definition) is 2. The lowest BCUT2D eigenvalue weighted by Gasteiger charge is -2.17. The van der Waals surface area contributed by atoms with Crippen molar-refractivity contribution < 1.29 is 14.7 Å². The fourth-order valence-electron chi connectivity index (χ4n) is 2.80. The summed E-state index contributed by atoms with van der Waals surface area (Å²) in [4.78, 5) is 28.9. The van der Waals surface area contributed by atoms with E-state index in [0.29, 0.717) is 0 Å². The summed E-state index contributed by atoms with van der Waals surface area (Å²) in [5.74, 6) is -0.840. The normalized spacial score (nSPS) is 17.1. The van der Waals surface area contributed by atoms with Gasteiger partial charge in [-0.3, -0.25) is 9.59 Å². The van der Waals surface area contributed by atoms with Crippen LogP contribution in [0, 0.1) is 5.92 Å². The molecule has 1 aromatic heterocycles. The second-order valence-corrected chi connectivity index (χ2v) is 5.81. The first-order valence-electron chi connectivity index (χ1n) is 7.90. The van der Waals surface area contributed by atoms with Gasteiger partial charge in [0.2, 0.25) is 5.91 Å². The van der Waals surface area contributed by atoms with Crippen molar-refractivity contribution in [2.24, 2.45) is 5.92 Å². The third-order valence-electron chi connectivity index (χ3n) is 4.08. The van der Waals surface area contributed by atoms with Crippen LogP contribution in [0.2, 0.25) is 0 Å². The number of rotatable bonds is 6. The number of carboxylic acid groups (broad SMARTS) is 1. The zero-order chi connectivity index (χ0) is 16.9. The first kappa shape index (κ1) is 16.0. The van der Waals surface area contributed by atoms with Crippen molar-refractivity contribution in [2.45, 2.75) is 12.8 Å². The molecular formula is C18H19N3O3. The summed E-state index contributed by atoms with van der Waals surface area (Å²) >= 11 is 0. The fourth-order valence-corrected chi connectivity index (χ4v) is 2.80. The Hall–Kier alpha value is -2.89. The van der Waals surface area contributed by atoms with Gasteiger partial charge in [-0.2, -0.15) is 0 Å². The largest absolute Gasteiger partial charge is 0.481 e. The standard InChI is InChI=1S/C18H19N3O3/c22-17-11-14(18(23)24)12-21(17)15-5-3-4-13(10-15)7-9-20-16-6-1-2-8-19-16/h1-6,8,10,14H,7,9,11-12H2,(H,19,20)(H,23,24). The second kappa shape index (κ2) is 7.12. The van der Waals surface area contributed by atoms with Gasteiger partial charge in [-0.15, -0.1) is 0 Å². The molecule has 1 atom stereocenters. The van der Waals surface area contributed by atoms with Gasteiger partial charge in [-0.25, -0.2) is 4.98 Å². The molecule has 1 fully saturated rings. The van der Waals surface area contributed by atoms with E-state index in [4.69, 9.17) is 5.11 Å². The summed E-state index contributed by atoms with van der Waals surface area (Å²) < 4.78 is 0. The number of carbonyl (C=O) groups excluding carboxylic acids is 1. The Kier molecular flexibility index (Phi) is 4.74. The fraction of sp³-hybridized carbons (Fsp3) is 0.278. The maximum atomic E-state index is 12.0. The summed E-state index contributed by atoms with van der Waals surface area (Å²) in [6.07, 6.45) is 2.59. The molecule has 3 rings (SSSR count). The topological polar surface area (TPSA) is 82.5 Å². The molecule has 0 spiro atoms. The third-order valence-corrected chi connectivity index (χ3v) is 4.08. The van der Waals surface area contributed by atoms with Gasteiger partial charge in [0.25, 0.3) is 0 Å². The number of pyridine rings is 1. The molecule has 124 valence electrons. The van der Waals surface area contributed by atoms with E-state index >= 15 is 0 Å². The van der Waals surface area contributed by atoms with Crippen LogP contribution in [0.3, 0.4) is 0 Å². The van der Waals surface area contributed by atoms with Crippen molar-refractivity contribution in [2.75, 3.05) is 23.3 Å². The van der Waals surface area contributed by atoms with Gasteiger partial charge >= 0.3 is 5.97 Å². The Bertz CT molecular complexity index is 733.